The number of piperidine rings is 1. The minimum atomic E-state index is -0.380. The van der Waals surface area contributed by atoms with Crippen LogP contribution < -0.4 is 11.1 Å². The molecule has 3 N–H and O–H groups in total. The predicted molar refractivity (Wildman–Crippen MR) is 75.7 cm³/mol. The molecule has 1 amide bonds. The lowest BCUT2D eigenvalue weighted by molar-refractivity contribution is -0.129. The van der Waals surface area contributed by atoms with Crippen molar-refractivity contribution in [2.45, 2.75) is 58.7 Å². The Labute approximate surface area is 115 Å². The summed E-state index contributed by atoms with van der Waals surface area (Å²) < 4.78 is 0. The molecule has 3 unspecified atom stereocenters. The van der Waals surface area contributed by atoms with Crippen molar-refractivity contribution in [3.63, 3.8) is 0 Å². The zero-order chi connectivity index (χ0) is 14.6. The standard InChI is InChI=1S/C14H27N3O2/c1-9(2)14(11(4)18)16-13(19)8-17-6-5-12(15)7-10(17)3/h9-10,12,14H,5-8,15H2,1-4H3,(H,16,19). The van der Waals surface area contributed by atoms with Crippen molar-refractivity contribution in [2.24, 2.45) is 11.7 Å². The van der Waals surface area contributed by atoms with Crippen LogP contribution in [0.25, 0.3) is 0 Å². The smallest absolute Gasteiger partial charge is 0.234 e. The van der Waals surface area contributed by atoms with E-state index in [0.717, 1.165) is 19.4 Å². The SMILES string of the molecule is CC(=O)C(NC(=O)CN1CCC(N)CC1C)C(C)C. The van der Waals surface area contributed by atoms with E-state index in [1.807, 2.05) is 13.8 Å². The maximum Gasteiger partial charge on any atom is 0.234 e. The van der Waals surface area contributed by atoms with Crippen LogP contribution in [-0.2, 0) is 9.59 Å². The molecule has 1 aliphatic heterocycles. The van der Waals surface area contributed by atoms with E-state index < -0.39 is 0 Å². The van der Waals surface area contributed by atoms with Gasteiger partial charge in [0.1, 0.15) is 0 Å². The Hall–Kier alpha value is -0.940. The Morgan fingerprint density at radius 2 is 2.05 bits per heavy atom. The van der Waals surface area contributed by atoms with Gasteiger partial charge >= 0.3 is 0 Å². The summed E-state index contributed by atoms with van der Waals surface area (Å²) >= 11 is 0. The molecule has 3 atom stereocenters. The number of amides is 1. The maximum atomic E-state index is 12.0. The first-order valence-electron chi connectivity index (χ1n) is 7.10. The van der Waals surface area contributed by atoms with E-state index in [2.05, 4.69) is 17.1 Å². The molecule has 0 aliphatic carbocycles. The number of likely N-dealkylation sites (tertiary alicyclic amines) is 1. The molecular formula is C14H27N3O2. The fraction of sp³-hybridized carbons (Fsp3) is 0.857. The number of carbonyl (C=O) groups excluding carboxylic acids is 2. The first-order chi connectivity index (χ1) is 8.81. The monoisotopic (exact) mass is 269 g/mol. The van der Waals surface area contributed by atoms with Crippen LogP contribution in [0.4, 0.5) is 0 Å². The van der Waals surface area contributed by atoms with Gasteiger partial charge in [-0.2, -0.15) is 0 Å². The van der Waals surface area contributed by atoms with Crippen LogP contribution in [0.15, 0.2) is 0 Å². The second kappa shape index (κ2) is 7.01. The first kappa shape index (κ1) is 16.1. The van der Waals surface area contributed by atoms with Gasteiger partial charge in [0.25, 0.3) is 0 Å². The average Bonchev–Trinajstić information content (AvgIpc) is 2.29. The van der Waals surface area contributed by atoms with Crippen molar-refractivity contribution in [3.8, 4) is 0 Å². The molecule has 110 valence electrons. The highest BCUT2D eigenvalue weighted by molar-refractivity contribution is 5.88. The van der Waals surface area contributed by atoms with E-state index >= 15 is 0 Å². The largest absolute Gasteiger partial charge is 0.345 e. The number of ketones is 1. The predicted octanol–water partition coefficient (Wildman–Crippen LogP) is 0.528. The number of Topliss-reactive ketones (excluding diaryl/α,β-unsaturated/α-hetero) is 1. The molecule has 1 rings (SSSR count). The minimum absolute atomic E-state index is 0.0112. The van der Waals surface area contributed by atoms with Crippen LogP contribution >= 0.6 is 0 Å². The van der Waals surface area contributed by atoms with Crippen LogP contribution in [0, 0.1) is 5.92 Å². The molecule has 5 nitrogen and oxygen atoms in total. The number of rotatable bonds is 5. The van der Waals surface area contributed by atoms with Gasteiger partial charge in [0.15, 0.2) is 5.78 Å². The lowest BCUT2D eigenvalue weighted by Gasteiger charge is -2.36. The van der Waals surface area contributed by atoms with Gasteiger partial charge in [-0.25, -0.2) is 0 Å². The van der Waals surface area contributed by atoms with E-state index in [9.17, 15) is 9.59 Å². The van der Waals surface area contributed by atoms with Crippen LogP contribution in [0.5, 0.6) is 0 Å². The Morgan fingerprint density at radius 1 is 1.42 bits per heavy atom. The van der Waals surface area contributed by atoms with E-state index in [0.29, 0.717) is 12.6 Å². The van der Waals surface area contributed by atoms with Crippen LogP contribution in [0.3, 0.4) is 0 Å². The quantitative estimate of drug-likeness (QED) is 0.763. The van der Waals surface area contributed by atoms with Gasteiger partial charge in [-0.05, 0) is 32.6 Å². The molecular weight excluding hydrogens is 242 g/mol. The molecule has 0 saturated carbocycles. The van der Waals surface area contributed by atoms with Gasteiger partial charge in [-0.15, -0.1) is 0 Å². The number of nitrogens with zero attached hydrogens (tertiary/aromatic N) is 1. The summed E-state index contributed by atoms with van der Waals surface area (Å²) in [6.07, 6.45) is 1.85. The summed E-state index contributed by atoms with van der Waals surface area (Å²) in [5.74, 6) is 0.0573. The Morgan fingerprint density at radius 3 is 2.53 bits per heavy atom. The summed E-state index contributed by atoms with van der Waals surface area (Å²) in [7, 11) is 0. The van der Waals surface area contributed by atoms with Crippen molar-refractivity contribution >= 4 is 11.7 Å². The van der Waals surface area contributed by atoms with Gasteiger partial charge in [-0.1, -0.05) is 13.8 Å². The Balaban J connectivity index is 2.48. The third kappa shape index (κ3) is 4.91. The van der Waals surface area contributed by atoms with Crippen molar-refractivity contribution in [2.75, 3.05) is 13.1 Å². The third-order valence-corrected chi connectivity index (χ3v) is 3.82. The minimum Gasteiger partial charge on any atom is -0.345 e. The van der Waals surface area contributed by atoms with E-state index in [1.165, 1.54) is 6.92 Å². The number of nitrogens with one attached hydrogen (secondary N) is 1. The highest BCUT2D eigenvalue weighted by Crippen LogP contribution is 2.15. The molecule has 1 saturated heterocycles. The zero-order valence-electron chi connectivity index (χ0n) is 12.5. The highest BCUT2D eigenvalue weighted by Gasteiger charge is 2.26. The second-order valence-corrected chi connectivity index (χ2v) is 6.00. The maximum absolute atomic E-state index is 12.0. The summed E-state index contributed by atoms with van der Waals surface area (Å²) in [6, 6.07) is 0.189. The molecule has 0 aromatic heterocycles. The highest BCUT2D eigenvalue weighted by atomic mass is 16.2. The summed E-state index contributed by atoms with van der Waals surface area (Å²) in [5.41, 5.74) is 5.91. The Bertz CT molecular complexity index is 331. The normalized spacial score (nSPS) is 26.2. The van der Waals surface area contributed by atoms with E-state index in [-0.39, 0.29) is 29.7 Å². The number of hydrogen-bond acceptors (Lipinski definition) is 4. The topological polar surface area (TPSA) is 75.4 Å². The third-order valence-electron chi connectivity index (χ3n) is 3.82. The molecule has 1 aliphatic rings. The first-order valence-corrected chi connectivity index (χ1v) is 7.10. The Kier molecular flexibility index (Phi) is 5.94. The van der Waals surface area contributed by atoms with Gasteiger partial charge in [0.2, 0.25) is 5.91 Å². The molecule has 0 aromatic carbocycles. The fourth-order valence-corrected chi connectivity index (χ4v) is 2.63. The van der Waals surface area contributed by atoms with Crippen molar-refractivity contribution in [1.29, 1.82) is 0 Å². The van der Waals surface area contributed by atoms with Crippen LogP contribution in [-0.4, -0.2) is 47.8 Å². The van der Waals surface area contributed by atoms with Gasteiger partial charge in [-0.3, -0.25) is 14.5 Å². The summed E-state index contributed by atoms with van der Waals surface area (Å²) in [4.78, 5) is 25.6. The van der Waals surface area contributed by atoms with Crippen LogP contribution in [0.2, 0.25) is 0 Å². The average molecular weight is 269 g/mol. The number of hydrogen-bond donors (Lipinski definition) is 2. The summed E-state index contributed by atoms with van der Waals surface area (Å²) in [5, 5.41) is 2.83. The molecule has 0 radical (unpaired) electrons. The lowest BCUT2D eigenvalue weighted by atomic mass is 9.98. The number of carbonyl (C=O) groups is 2. The molecule has 0 bridgehead atoms. The van der Waals surface area contributed by atoms with Gasteiger partial charge in [0, 0.05) is 18.6 Å². The molecule has 0 aromatic rings. The van der Waals surface area contributed by atoms with Gasteiger partial charge < -0.3 is 11.1 Å². The van der Waals surface area contributed by atoms with Crippen molar-refractivity contribution < 1.29 is 9.59 Å². The van der Waals surface area contributed by atoms with E-state index in [4.69, 9.17) is 5.73 Å². The lowest BCUT2D eigenvalue weighted by Crippen LogP contribution is -2.52. The van der Waals surface area contributed by atoms with Crippen LogP contribution in [0.1, 0.15) is 40.5 Å². The molecule has 5 heteroatoms. The van der Waals surface area contributed by atoms with Crippen molar-refractivity contribution in [3.05, 3.63) is 0 Å². The fourth-order valence-electron chi connectivity index (χ4n) is 2.63. The second-order valence-electron chi connectivity index (χ2n) is 6.00. The van der Waals surface area contributed by atoms with Gasteiger partial charge in [0.05, 0.1) is 12.6 Å². The van der Waals surface area contributed by atoms with Crippen molar-refractivity contribution in [1.82, 2.24) is 10.2 Å². The molecule has 1 heterocycles. The summed E-state index contributed by atoms with van der Waals surface area (Å²) in [6.45, 7) is 8.70. The number of nitrogens with two attached hydrogens (primary N) is 1. The van der Waals surface area contributed by atoms with E-state index in [1.54, 1.807) is 0 Å². The zero-order valence-corrected chi connectivity index (χ0v) is 12.5. The molecule has 0 spiro atoms. The molecule has 1 fully saturated rings. The molecule has 19 heavy (non-hydrogen) atoms.